The van der Waals surface area contributed by atoms with Gasteiger partial charge in [0.2, 0.25) is 0 Å². The summed E-state index contributed by atoms with van der Waals surface area (Å²) in [5.74, 6) is -0.244. The molecule has 0 spiro atoms. The van der Waals surface area contributed by atoms with Gasteiger partial charge in [-0.15, -0.1) is 0 Å². The van der Waals surface area contributed by atoms with Crippen LogP contribution in [0.5, 0.6) is 28.7 Å². The second-order valence-electron chi connectivity index (χ2n) is 6.17. The normalized spacial score (nSPS) is 10.8. The summed E-state index contributed by atoms with van der Waals surface area (Å²) in [5.41, 5.74) is 8.46. The Labute approximate surface area is 150 Å². The third-order valence-electron chi connectivity index (χ3n) is 4.19. The van der Waals surface area contributed by atoms with Crippen molar-refractivity contribution in [3.8, 4) is 28.7 Å². The zero-order valence-corrected chi connectivity index (χ0v) is 13.8. The zero-order valence-electron chi connectivity index (χ0n) is 13.8. The first kappa shape index (κ1) is 17.3. The maximum Gasteiger partial charge on any atom is 0.122 e. The van der Waals surface area contributed by atoms with Gasteiger partial charge in [-0.25, -0.2) is 0 Å². The number of phenols is 5. The molecule has 0 saturated carbocycles. The third-order valence-corrected chi connectivity index (χ3v) is 4.19. The molecule has 0 saturated heterocycles. The summed E-state index contributed by atoms with van der Waals surface area (Å²) < 4.78 is 0. The summed E-state index contributed by atoms with van der Waals surface area (Å²) >= 11 is 0. The fraction of sp³-hybridized carbons (Fsp3) is 0.100. The van der Waals surface area contributed by atoms with E-state index in [1.54, 1.807) is 24.3 Å². The molecule has 0 heterocycles. The second kappa shape index (κ2) is 6.76. The Bertz CT molecular complexity index is 894. The molecule has 0 bridgehead atoms. The minimum absolute atomic E-state index is 0.0131. The Balaban J connectivity index is 1.95. The number of aromatic hydroxyl groups is 5. The molecule has 6 heteroatoms. The molecular weight excluding hydrogens is 334 g/mol. The smallest absolute Gasteiger partial charge is 0.122 e. The molecule has 3 aromatic carbocycles. The quantitative estimate of drug-likeness (QED) is 0.316. The Hall–Kier alpha value is -3.54. The lowest BCUT2D eigenvalue weighted by molar-refractivity contribution is 0.445. The SMILES string of the molecule is Nc1cc(Cc2ccc(O)cc2O)c(O)c(Cc2ccc(O)cc2O)c1. The van der Waals surface area contributed by atoms with E-state index in [0.717, 1.165) is 0 Å². The molecular formula is C20H19NO5. The van der Waals surface area contributed by atoms with E-state index in [1.165, 1.54) is 24.3 Å². The fourth-order valence-corrected chi connectivity index (χ4v) is 2.87. The van der Waals surface area contributed by atoms with Crippen molar-refractivity contribution in [3.63, 3.8) is 0 Å². The lowest BCUT2D eigenvalue weighted by atomic mass is 9.96. The number of nitrogens with two attached hydrogens (primary N) is 1. The largest absolute Gasteiger partial charge is 0.508 e. The van der Waals surface area contributed by atoms with Crippen molar-refractivity contribution in [1.82, 2.24) is 0 Å². The predicted octanol–water partition coefficient (Wildman–Crippen LogP) is 2.98. The number of phenolic OH excluding ortho intramolecular Hbond substituents is 5. The molecule has 134 valence electrons. The standard InChI is InChI=1S/C20H19NO5/c21-15-7-13(5-11-1-3-16(22)9-18(11)24)20(26)14(8-15)6-12-2-4-17(23)10-19(12)25/h1-4,7-10,22-26H,5-6,21H2. The molecule has 0 radical (unpaired) electrons. The summed E-state index contributed by atoms with van der Waals surface area (Å²) in [6, 6.07) is 11.7. The molecule has 7 N–H and O–H groups in total. The van der Waals surface area contributed by atoms with Crippen LogP contribution in [0, 0.1) is 0 Å². The number of nitrogen functional groups attached to an aromatic ring is 1. The highest BCUT2D eigenvalue weighted by atomic mass is 16.3. The van der Waals surface area contributed by atoms with Crippen LogP contribution in [0.2, 0.25) is 0 Å². The van der Waals surface area contributed by atoms with Gasteiger partial charge >= 0.3 is 0 Å². The minimum atomic E-state index is -0.0791. The van der Waals surface area contributed by atoms with Crippen LogP contribution in [-0.2, 0) is 12.8 Å². The van der Waals surface area contributed by atoms with E-state index in [2.05, 4.69) is 0 Å². The maximum atomic E-state index is 10.6. The molecule has 0 atom stereocenters. The van der Waals surface area contributed by atoms with E-state index in [-0.39, 0.29) is 41.6 Å². The Morgan fingerprint density at radius 3 is 1.38 bits per heavy atom. The van der Waals surface area contributed by atoms with Gasteiger partial charge in [-0.05, 0) is 35.4 Å². The Kier molecular flexibility index (Phi) is 4.49. The molecule has 0 aliphatic rings. The summed E-state index contributed by atoms with van der Waals surface area (Å²) in [6.07, 6.45) is 0.440. The van der Waals surface area contributed by atoms with Gasteiger partial charge in [-0.2, -0.15) is 0 Å². The van der Waals surface area contributed by atoms with Crippen LogP contribution in [0.25, 0.3) is 0 Å². The summed E-state index contributed by atoms with van der Waals surface area (Å²) in [7, 11) is 0. The van der Waals surface area contributed by atoms with E-state index < -0.39 is 0 Å². The molecule has 3 aromatic rings. The first-order chi connectivity index (χ1) is 12.3. The maximum absolute atomic E-state index is 10.6. The van der Waals surface area contributed by atoms with Crippen molar-refractivity contribution in [2.45, 2.75) is 12.8 Å². The average Bonchev–Trinajstić information content (AvgIpc) is 2.56. The summed E-state index contributed by atoms with van der Waals surface area (Å²) in [5, 5.41) is 49.3. The van der Waals surface area contributed by atoms with E-state index in [0.29, 0.717) is 27.9 Å². The highest BCUT2D eigenvalue weighted by molar-refractivity contribution is 5.57. The van der Waals surface area contributed by atoms with Crippen LogP contribution in [0.4, 0.5) is 5.69 Å². The van der Waals surface area contributed by atoms with Gasteiger partial charge in [0.25, 0.3) is 0 Å². The minimum Gasteiger partial charge on any atom is -0.508 e. The van der Waals surface area contributed by atoms with Gasteiger partial charge in [0.05, 0.1) is 0 Å². The van der Waals surface area contributed by atoms with Crippen LogP contribution in [-0.4, -0.2) is 25.5 Å². The van der Waals surface area contributed by atoms with Gasteiger partial charge in [-0.3, -0.25) is 0 Å². The molecule has 6 nitrogen and oxygen atoms in total. The topological polar surface area (TPSA) is 127 Å². The highest BCUT2D eigenvalue weighted by Gasteiger charge is 2.14. The van der Waals surface area contributed by atoms with Gasteiger partial charge in [0.15, 0.2) is 0 Å². The lowest BCUT2D eigenvalue weighted by Gasteiger charge is -2.13. The van der Waals surface area contributed by atoms with Crippen LogP contribution < -0.4 is 5.73 Å². The van der Waals surface area contributed by atoms with Crippen LogP contribution in [0.15, 0.2) is 48.5 Å². The van der Waals surface area contributed by atoms with Crippen molar-refractivity contribution in [1.29, 1.82) is 0 Å². The molecule has 0 unspecified atom stereocenters. The van der Waals surface area contributed by atoms with Crippen molar-refractivity contribution in [3.05, 3.63) is 70.8 Å². The number of hydrogen-bond donors (Lipinski definition) is 6. The zero-order chi connectivity index (χ0) is 18.8. The summed E-state index contributed by atoms with van der Waals surface area (Å²) in [6.45, 7) is 0. The molecule has 3 rings (SSSR count). The van der Waals surface area contributed by atoms with Crippen LogP contribution >= 0.6 is 0 Å². The van der Waals surface area contributed by atoms with Gasteiger partial charge in [-0.1, -0.05) is 12.1 Å². The number of hydrogen-bond acceptors (Lipinski definition) is 6. The van der Waals surface area contributed by atoms with Crippen molar-refractivity contribution >= 4 is 5.69 Å². The second-order valence-corrected chi connectivity index (χ2v) is 6.17. The number of rotatable bonds is 4. The monoisotopic (exact) mass is 353 g/mol. The lowest BCUT2D eigenvalue weighted by Crippen LogP contribution is -1.98. The van der Waals surface area contributed by atoms with E-state index in [9.17, 15) is 25.5 Å². The highest BCUT2D eigenvalue weighted by Crippen LogP contribution is 2.34. The average molecular weight is 353 g/mol. The van der Waals surface area contributed by atoms with E-state index in [4.69, 9.17) is 5.73 Å². The van der Waals surface area contributed by atoms with Crippen molar-refractivity contribution < 1.29 is 25.5 Å². The van der Waals surface area contributed by atoms with Gasteiger partial charge < -0.3 is 31.3 Å². The van der Waals surface area contributed by atoms with Crippen LogP contribution in [0.3, 0.4) is 0 Å². The van der Waals surface area contributed by atoms with Gasteiger partial charge in [0.1, 0.15) is 28.7 Å². The Morgan fingerprint density at radius 2 is 1.00 bits per heavy atom. The van der Waals surface area contributed by atoms with E-state index >= 15 is 0 Å². The summed E-state index contributed by atoms with van der Waals surface area (Å²) in [4.78, 5) is 0. The number of anilines is 1. The fourth-order valence-electron chi connectivity index (χ4n) is 2.87. The van der Waals surface area contributed by atoms with Crippen molar-refractivity contribution in [2.24, 2.45) is 0 Å². The third kappa shape index (κ3) is 3.59. The molecule has 0 fully saturated rings. The Morgan fingerprint density at radius 1 is 0.577 bits per heavy atom. The van der Waals surface area contributed by atoms with Crippen LogP contribution in [0.1, 0.15) is 22.3 Å². The van der Waals surface area contributed by atoms with E-state index in [1.807, 2.05) is 0 Å². The molecule has 0 aliphatic carbocycles. The first-order valence-corrected chi connectivity index (χ1v) is 7.95. The van der Waals surface area contributed by atoms with Gasteiger partial charge in [0, 0.05) is 41.8 Å². The number of benzene rings is 3. The molecule has 0 aliphatic heterocycles. The molecule has 0 aromatic heterocycles. The predicted molar refractivity (Wildman–Crippen MR) is 97.7 cm³/mol. The van der Waals surface area contributed by atoms with Crippen molar-refractivity contribution in [2.75, 3.05) is 5.73 Å². The molecule has 26 heavy (non-hydrogen) atoms. The first-order valence-electron chi connectivity index (χ1n) is 7.95. The molecule has 0 amide bonds.